The summed E-state index contributed by atoms with van der Waals surface area (Å²) in [6.45, 7) is 5.03. The Morgan fingerprint density at radius 2 is 1.80 bits per heavy atom. The van der Waals surface area contributed by atoms with Gasteiger partial charge in [-0.1, -0.05) is 23.4 Å². The van der Waals surface area contributed by atoms with Crippen LogP contribution in [0.4, 0.5) is 4.39 Å². The van der Waals surface area contributed by atoms with Crippen molar-refractivity contribution in [3.63, 3.8) is 0 Å². The van der Waals surface area contributed by atoms with Gasteiger partial charge in [0.25, 0.3) is 10.1 Å². The van der Waals surface area contributed by atoms with E-state index in [0.717, 1.165) is 50.0 Å². The van der Waals surface area contributed by atoms with E-state index in [1.165, 1.54) is 31.2 Å². The van der Waals surface area contributed by atoms with E-state index in [0.29, 0.717) is 35.2 Å². The first-order valence-electron chi connectivity index (χ1n) is 13.3. The normalized spacial score (nSPS) is 14.3. The Morgan fingerprint density at radius 1 is 1.07 bits per heavy atom. The molecule has 0 bridgehead atoms. The van der Waals surface area contributed by atoms with Crippen molar-refractivity contribution in [2.75, 3.05) is 33.4 Å². The van der Waals surface area contributed by atoms with Crippen LogP contribution in [-0.2, 0) is 10.1 Å². The molecule has 1 aliphatic rings. The molecule has 11 heteroatoms. The quantitative estimate of drug-likeness (QED) is 0.149. The van der Waals surface area contributed by atoms with Crippen LogP contribution in [0.5, 0.6) is 11.5 Å². The first-order chi connectivity index (χ1) is 19.7. The summed E-state index contributed by atoms with van der Waals surface area (Å²) in [5.74, 6) is 1.26. The van der Waals surface area contributed by atoms with Crippen LogP contribution < -0.4 is 9.47 Å². The lowest BCUT2D eigenvalue weighted by Crippen LogP contribution is -2.34. The summed E-state index contributed by atoms with van der Waals surface area (Å²) in [6.07, 6.45) is 2.90. The van der Waals surface area contributed by atoms with Gasteiger partial charge in [-0.3, -0.25) is 9.35 Å². The van der Waals surface area contributed by atoms with E-state index in [-0.39, 0.29) is 16.5 Å². The molecule has 0 amide bonds. The molecule has 9 nitrogen and oxygen atoms in total. The fourth-order valence-electron chi connectivity index (χ4n) is 4.72. The lowest BCUT2D eigenvalue weighted by Gasteiger charge is -2.31. The van der Waals surface area contributed by atoms with Crippen LogP contribution in [0.3, 0.4) is 0 Å². The average Bonchev–Trinajstić information content (AvgIpc) is 3.39. The summed E-state index contributed by atoms with van der Waals surface area (Å²) in [4.78, 5) is 13.9. The third-order valence-electron chi connectivity index (χ3n) is 6.92. The number of carbonyl (C=O) groups excluding carboxylic acids is 1. The summed E-state index contributed by atoms with van der Waals surface area (Å²) >= 11 is 0. The summed E-state index contributed by atoms with van der Waals surface area (Å²) < 4.78 is 59.1. The highest BCUT2D eigenvalue weighted by Crippen LogP contribution is 2.33. The Morgan fingerprint density at radius 3 is 2.44 bits per heavy atom. The number of carbonyl (C=O) groups is 1. The zero-order chi connectivity index (χ0) is 29.4. The summed E-state index contributed by atoms with van der Waals surface area (Å²) in [5, 5.41) is 5.13. The number of piperidine rings is 1. The maximum atomic E-state index is 13.4. The van der Waals surface area contributed by atoms with Gasteiger partial charge in [0.2, 0.25) is 0 Å². The Hall–Kier alpha value is -3.80. The van der Waals surface area contributed by atoms with Crippen LogP contribution in [0.15, 0.2) is 76.1 Å². The van der Waals surface area contributed by atoms with Crippen LogP contribution in [0.25, 0.3) is 11.0 Å². The first-order valence-corrected chi connectivity index (χ1v) is 14.7. The highest BCUT2D eigenvalue weighted by Gasteiger charge is 2.25. The lowest BCUT2D eigenvalue weighted by molar-refractivity contribution is 0.101. The van der Waals surface area contributed by atoms with Gasteiger partial charge in [-0.05, 0) is 81.7 Å². The topological polar surface area (TPSA) is 119 Å². The molecule has 1 N–H and O–H groups in total. The SMILES string of the molecule is COc1cc(C(C)=O)ccc1OCCCN1CCC(c2noc3cc(F)ccc23)CC1.O=S(=O)(O)c1ccccc1. The Balaban J connectivity index is 0.000000328. The minimum atomic E-state index is -4.00. The number of methoxy groups -OCH3 is 1. The number of ether oxygens (including phenoxy) is 2. The van der Waals surface area contributed by atoms with Crippen LogP contribution in [0.1, 0.15) is 48.2 Å². The van der Waals surface area contributed by atoms with Gasteiger partial charge in [0.15, 0.2) is 22.9 Å². The van der Waals surface area contributed by atoms with Gasteiger partial charge in [-0.2, -0.15) is 8.42 Å². The molecule has 41 heavy (non-hydrogen) atoms. The minimum Gasteiger partial charge on any atom is -0.493 e. The molecule has 1 aromatic heterocycles. The molecule has 0 atom stereocenters. The number of Topliss-reactive ketones (excluding diaryl/α,β-unsaturated/α-hetero) is 1. The second kappa shape index (κ2) is 13.7. The van der Waals surface area contributed by atoms with Crippen molar-refractivity contribution in [3.8, 4) is 11.5 Å². The van der Waals surface area contributed by atoms with E-state index in [1.807, 2.05) is 0 Å². The molecule has 0 unspecified atom stereocenters. The minimum absolute atomic E-state index is 0.000894. The van der Waals surface area contributed by atoms with Crippen LogP contribution >= 0.6 is 0 Å². The number of nitrogens with zero attached hydrogens (tertiary/aromatic N) is 2. The third-order valence-corrected chi connectivity index (χ3v) is 7.79. The van der Waals surface area contributed by atoms with Crippen molar-refractivity contribution in [2.45, 2.75) is 37.0 Å². The van der Waals surface area contributed by atoms with Crippen LogP contribution in [0, 0.1) is 5.82 Å². The van der Waals surface area contributed by atoms with Crippen LogP contribution in [-0.4, -0.2) is 62.2 Å². The molecular weight excluding hydrogens is 551 g/mol. The number of fused-ring (bicyclic) bond motifs is 1. The number of likely N-dealkylation sites (tertiary alicyclic amines) is 1. The zero-order valence-electron chi connectivity index (χ0n) is 23.0. The van der Waals surface area contributed by atoms with E-state index in [1.54, 1.807) is 49.6 Å². The van der Waals surface area contributed by atoms with Gasteiger partial charge in [-0.15, -0.1) is 0 Å². The number of aromatic nitrogens is 1. The van der Waals surface area contributed by atoms with Crippen molar-refractivity contribution >= 4 is 26.9 Å². The predicted molar refractivity (Wildman–Crippen MR) is 152 cm³/mol. The van der Waals surface area contributed by atoms with E-state index in [2.05, 4.69) is 10.1 Å². The largest absolute Gasteiger partial charge is 0.493 e. The van der Waals surface area contributed by atoms with Gasteiger partial charge in [0.05, 0.1) is 24.3 Å². The van der Waals surface area contributed by atoms with Crippen molar-refractivity contribution in [1.29, 1.82) is 0 Å². The standard InChI is InChI=1S/C24H27FN2O4.C6H6O3S/c1-16(28)18-4-7-21(23(14-18)29-2)30-13-3-10-27-11-8-17(9-12-27)24-20-6-5-19(25)15-22(20)31-26-24;7-10(8,9)6-4-2-1-3-5-6/h4-7,14-15,17H,3,8-13H2,1-2H3;1-5H,(H,7,8,9). The zero-order valence-corrected chi connectivity index (χ0v) is 23.8. The van der Waals surface area contributed by atoms with Crippen molar-refractivity contribution in [1.82, 2.24) is 10.1 Å². The lowest BCUT2D eigenvalue weighted by atomic mass is 9.91. The molecule has 2 heterocycles. The molecule has 1 fully saturated rings. The molecule has 218 valence electrons. The fraction of sp³-hybridized carbons (Fsp3) is 0.333. The number of benzene rings is 3. The smallest absolute Gasteiger partial charge is 0.294 e. The number of rotatable bonds is 9. The van der Waals surface area contributed by atoms with E-state index in [4.69, 9.17) is 18.5 Å². The molecule has 1 saturated heterocycles. The van der Waals surface area contributed by atoms with Crippen LogP contribution in [0.2, 0.25) is 0 Å². The molecule has 0 radical (unpaired) electrons. The molecule has 0 spiro atoms. The molecular formula is C30H33FN2O7S. The molecule has 0 saturated carbocycles. The highest BCUT2D eigenvalue weighted by molar-refractivity contribution is 7.85. The molecule has 3 aromatic carbocycles. The first kappa shape index (κ1) is 30.2. The highest BCUT2D eigenvalue weighted by atomic mass is 32.2. The second-order valence-corrected chi connectivity index (χ2v) is 11.2. The van der Waals surface area contributed by atoms with Gasteiger partial charge in [0.1, 0.15) is 5.82 Å². The number of halogens is 1. The Kier molecular flexibility index (Phi) is 10.1. The maximum Gasteiger partial charge on any atom is 0.294 e. The summed E-state index contributed by atoms with van der Waals surface area (Å²) in [7, 11) is -2.43. The van der Waals surface area contributed by atoms with Gasteiger partial charge in [0, 0.05) is 29.5 Å². The number of hydrogen-bond donors (Lipinski definition) is 1. The van der Waals surface area contributed by atoms with Crippen molar-refractivity contribution in [3.05, 3.63) is 83.8 Å². The second-order valence-electron chi connectivity index (χ2n) is 9.74. The van der Waals surface area contributed by atoms with E-state index in [9.17, 15) is 17.6 Å². The third kappa shape index (κ3) is 8.12. The molecule has 0 aliphatic carbocycles. The molecule has 5 rings (SSSR count). The van der Waals surface area contributed by atoms with Gasteiger partial charge < -0.3 is 18.9 Å². The van der Waals surface area contributed by atoms with E-state index < -0.39 is 10.1 Å². The van der Waals surface area contributed by atoms with E-state index >= 15 is 0 Å². The predicted octanol–water partition coefficient (Wildman–Crippen LogP) is 5.76. The average molecular weight is 585 g/mol. The Bertz CT molecular complexity index is 1570. The Labute approximate surface area is 238 Å². The van der Waals surface area contributed by atoms with Crippen molar-refractivity contribution < 1.29 is 36.2 Å². The molecule has 4 aromatic rings. The van der Waals surface area contributed by atoms with Crippen molar-refractivity contribution in [2.24, 2.45) is 0 Å². The summed E-state index contributed by atoms with van der Waals surface area (Å²) in [5.41, 5.74) is 2.07. The summed E-state index contributed by atoms with van der Waals surface area (Å²) in [6, 6.07) is 17.3. The number of hydrogen-bond acceptors (Lipinski definition) is 8. The van der Waals surface area contributed by atoms with Gasteiger partial charge in [-0.25, -0.2) is 4.39 Å². The van der Waals surface area contributed by atoms with Gasteiger partial charge >= 0.3 is 0 Å². The molecule has 1 aliphatic heterocycles. The maximum absolute atomic E-state index is 13.4. The fourth-order valence-corrected chi connectivity index (χ4v) is 5.22. The number of ketones is 1. The monoisotopic (exact) mass is 584 g/mol.